The van der Waals surface area contributed by atoms with Gasteiger partial charge in [-0.25, -0.2) is 4.79 Å². The van der Waals surface area contributed by atoms with E-state index < -0.39 is 5.97 Å². The van der Waals surface area contributed by atoms with E-state index in [1.165, 1.54) is 7.11 Å². The van der Waals surface area contributed by atoms with Crippen LogP contribution in [0.1, 0.15) is 20.3 Å². The number of carbonyl (C=O) groups excluding carboxylic acids is 1. The Hall–Kier alpha value is -1.50. The summed E-state index contributed by atoms with van der Waals surface area (Å²) < 4.78 is 9.56. The molecule has 0 amide bonds. The quantitative estimate of drug-likeness (QED) is 0.286. The molecule has 0 radical (unpaired) electrons. The summed E-state index contributed by atoms with van der Waals surface area (Å²) in [6, 6.07) is 1.77. The number of esters is 1. The number of hydrogen-bond acceptors (Lipinski definition) is 4. The molecule has 72 valence electrons. The lowest BCUT2D eigenvalue weighted by atomic mass is 10.2. The molecular weight excluding hydrogens is 170 g/mol. The van der Waals surface area contributed by atoms with E-state index in [9.17, 15) is 4.79 Å². The molecule has 0 spiro atoms. The number of hydrogen-bond donors (Lipinski definition) is 0. The van der Waals surface area contributed by atoms with E-state index in [0.717, 1.165) is 0 Å². The molecule has 0 heterocycles. The number of carbonyl (C=O) groups is 1. The van der Waals surface area contributed by atoms with Gasteiger partial charge in [0, 0.05) is 6.42 Å². The standard InChI is InChI=1S/C9H13NO3/c1-4-8(13-5-2)7(6-10)9(11)12-3/h4-5H2,1-3H3/b8-7+. The Labute approximate surface area is 77.8 Å². The lowest BCUT2D eigenvalue weighted by molar-refractivity contribution is -0.135. The van der Waals surface area contributed by atoms with Crippen LogP contribution in [0.4, 0.5) is 0 Å². The summed E-state index contributed by atoms with van der Waals surface area (Å²) in [5.74, 6) is -0.260. The zero-order chi connectivity index (χ0) is 10.3. The molecule has 13 heavy (non-hydrogen) atoms. The molecular formula is C9H13NO3. The van der Waals surface area contributed by atoms with Crippen LogP contribution in [0.2, 0.25) is 0 Å². The minimum atomic E-state index is -0.646. The maximum Gasteiger partial charge on any atom is 0.352 e. The first-order chi connectivity index (χ1) is 6.21. The van der Waals surface area contributed by atoms with E-state index in [2.05, 4.69) is 4.74 Å². The van der Waals surface area contributed by atoms with Gasteiger partial charge in [0.1, 0.15) is 11.8 Å². The number of nitriles is 1. The fourth-order valence-corrected chi connectivity index (χ4v) is 0.849. The first kappa shape index (κ1) is 11.5. The van der Waals surface area contributed by atoms with Gasteiger partial charge in [-0.2, -0.15) is 5.26 Å². The van der Waals surface area contributed by atoms with Crippen LogP contribution in [0, 0.1) is 11.3 Å². The number of allylic oxidation sites excluding steroid dienone is 1. The van der Waals surface area contributed by atoms with Crippen molar-refractivity contribution in [3.63, 3.8) is 0 Å². The van der Waals surface area contributed by atoms with E-state index in [4.69, 9.17) is 10.00 Å². The molecule has 0 aromatic carbocycles. The number of methoxy groups -OCH3 is 1. The molecule has 0 bridgehead atoms. The molecule has 0 atom stereocenters. The summed E-state index contributed by atoms with van der Waals surface area (Å²) >= 11 is 0. The molecule has 0 aromatic heterocycles. The van der Waals surface area contributed by atoms with Crippen molar-refractivity contribution >= 4 is 5.97 Å². The van der Waals surface area contributed by atoms with Gasteiger partial charge >= 0.3 is 5.97 Å². The summed E-state index contributed by atoms with van der Waals surface area (Å²) in [6.07, 6.45) is 0.506. The fraction of sp³-hybridized carbons (Fsp3) is 0.556. The molecule has 0 unspecified atom stereocenters. The molecule has 4 nitrogen and oxygen atoms in total. The van der Waals surface area contributed by atoms with Crippen LogP contribution < -0.4 is 0 Å². The number of nitrogens with zero attached hydrogens (tertiary/aromatic N) is 1. The summed E-state index contributed by atoms with van der Waals surface area (Å²) in [6.45, 7) is 4.04. The highest BCUT2D eigenvalue weighted by Gasteiger charge is 2.15. The zero-order valence-electron chi connectivity index (χ0n) is 8.09. The minimum absolute atomic E-state index is 0.0492. The Balaban J connectivity index is 4.84. The highest BCUT2D eigenvalue weighted by molar-refractivity contribution is 5.93. The van der Waals surface area contributed by atoms with Gasteiger partial charge in [0.15, 0.2) is 5.57 Å². The Kier molecular flexibility index (Phi) is 5.37. The molecule has 0 N–H and O–H groups in total. The smallest absolute Gasteiger partial charge is 0.352 e. The van der Waals surface area contributed by atoms with Crippen LogP contribution in [-0.2, 0) is 14.3 Å². The van der Waals surface area contributed by atoms with Crippen LogP contribution in [0.3, 0.4) is 0 Å². The van der Waals surface area contributed by atoms with Crippen molar-refractivity contribution in [2.75, 3.05) is 13.7 Å². The Bertz CT molecular complexity index is 250. The van der Waals surface area contributed by atoms with E-state index in [1.54, 1.807) is 13.0 Å². The van der Waals surface area contributed by atoms with E-state index in [-0.39, 0.29) is 5.57 Å². The predicted molar refractivity (Wildman–Crippen MR) is 46.6 cm³/mol. The largest absolute Gasteiger partial charge is 0.497 e. The summed E-state index contributed by atoms with van der Waals surface area (Å²) in [4.78, 5) is 11.0. The summed E-state index contributed by atoms with van der Waals surface area (Å²) in [5, 5.41) is 8.67. The first-order valence-electron chi connectivity index (χ1n) is 4.05. The Morgan fingerprint density at radius 2 is 2.08 bits per heavy atom. The molecule has 0 aliphatic rings. The lowest BCUT2D eigenvalue weighted by Gasteiger charge is -2.07. The van der Waals surface area contributed by atoms with Crippen LogP contribution in [0.25, 0.3) is 0 Å². The average Bonchev–Trinajstić information content (AvgIpc) is 2.17. The minimum Gasteiger partial charge on any atom is -0.497 e. The van der Waals surface area contributed by atoms with Crippen LogP contribution in [0.5, 0.6) is 0 Å². The summed E-state index contributed by atoms with van der Waals surface area (Å²) in [5.41, 5.74) is -0.0492. The van der Waals surface area contributed by atoms with Gasteiger partial charge in [-0.15, -0.1) is 0 Å². The van der Waals surface area contributed by atoms with Crippen molar-refractivity contribution in [3.05, 3.63) is 11.3 Å². The van der Waals surface area contributed by atoms with Crippen molar-refractivity contribution in [2.45, 2.75) is 20.3 Å². The van der Waals surface area contributed by atoms with Gasteiger partial charge in [0.05, 0.1) is 13.7 Å². The second kappa shape index (κ2) is 6.06. The van der Waals surface area contributed by atoms with E-state index in [0.29, 0.717) is 18.8 Å². The molecule has 0 saturated carbocycles. The predicted octanol–water partition coefficient (Wildman–Crippen LogP) is 1.38. The molecule has 0 saturated heterocycles. The molecule has 0 aromatic rings. The van der Waals surface area contributed by atoms with Crippen molar-refractivity contribution < 1.29 is 14.3 Å². The lowest BCUT2D eigenvalue weighted by Crippen LogP contribution is -2.08. The fourth-order valence-electron chi connectivity index (χ4n) is 0.849. The second-order valence-electron chi connectivity index (χ2n) is 2.19. The molecule has 0 aliphatic carbocycles. The van der Waals surface area contributed by atoms with Gasteiger partial charge in [0.2, 0.25) is 0 Å². The molecule has 0 aliphatic heterocycles. The van der Waals surface area contributed by atoms with Gasteiger partial charge in [0.25, 0.3) is 0 Å². The third-order valence-corrected chi connectivity index (χ3v) is 1.42. The van der Waals surface area contributed by atoms with Crippen LogP contribution in [0.15, 0.2) is 11.3 Å². The number of ether oxygens (including phenoxy) is 2. The highest BCUT2D eigenvalue weighted by atomic mass is 16.5. The maximum absolute atomic E-state index is 11.0. The van der Waals surface area contributed by atoms with Gasteiger partial charge in [-0.3, -0.25) is 0 Å². The normalized spacial score (nSPS) is 11.2. The molecule has 4 heteroatoms. The van der Waals surface area contributed by atoms with Gasteiger partial charge in [-0.05, 0) is 6.92 Å². The van der Waals surface area contributed by atoms with Gasteiger partial charge < -0.3 is 9.47 Å². The first-order valence-corrected chi connectivity index (χ1v) is 4.05. The highest BCUT2D eigenvalue weighted by Crippen LogP contribution is 2.11. The van der Waals surface area contributed by atoms with Crippen LogP contribution >= 0.6 is 0 Å². The zero-order valence-corrected chi connectivity index (χ0v) is 8.09. The second-order valence-corrected chi connectivity index (χ2v) is 2.19. The SMILES string of the molecule is CCO/C(CC)=C(\C#N)C(=O)OC. The monoisotopic (exact) mass is 183 g/mol. The van der Waals surface area contributed by atoms with Crippen LogP contribution in [-0.4, -0.2) is 19.7 Å². The maximum atomic E-state index is 11.0. The third kappa shape index (κ3) is 3.16. The van der Waals surface area contributed by atoms with E-state index in [1.807, 2.05) is 6.92 Å². The Morgan fingerprint density at radius 1 is 1.46 bits per heavy atom. The summed E-state index contributed by atoms with van der Waals surface area (Å²) in [7, 11) is 1.24. The van der Waals surface area contributed by atoms with Crippen molar-refractivity contribution in [1.29, 1.82) is 5.26 Å². The third-order valence-electron chi connectivity index (χ3n) is 1.42. The topological polar surface area (TPSA) is 59.3 Å². The van der Waals surface area contributed by atoms with Crippen molar-refractivity contribution in [2.24, 2.45) is 0 Å². The number of rotatable bonds is 4. The van der Waals surface area contributed by atoms with Crippen molar-refractivity contribution in [1.82, 2.24) is 0 Å². The molecule has 0 fully saturated rings. The van der Waals surface area contributed by atoms with Crippen molar-refractivity contribution in [3.8, 4) is 6.07 Å². The Morgan fingerprint density at radius 3 is 2.38 bits per heavy atom. The van der Waals surface area contributed by atoms with E-state index >= 15 is 0 Å². The molecule has 0 rings (SSSR count). The average molecular weight is 183 g/mol. The van der Waals surface area contributed by atoms with Gasteiger partial charge in [-0.1, -0.05) is 6.92 Å².